The van der Waals surface area contributed by atoms with E-state index in [0.717, 1.165) is 16.5 Å². The highest BCUT2D eigenvalue weighted by molar-refractivity contribution is 5.82. The summed E-state index contributed by atoms with van der Waals surface area (Å²) in [6.07, 6.45) is 1.87. The molecule has 0 unspecified atom stereocenters. The second-order valence-corrected chi connectivity index (χ2v) is 3.20. The molecule has 0 fully saturated rings. The molecule has 2 rings (SSSR count). The number of rotatable bonds is 3. The minimum Gasteiger partial charge on any atom is -0.479 e. The standard InChI is InChI=1S/C12H8N2O2/c13-4-3-9-8-16-12-2-1-10(7-11(9)12)15-6-5-14/h1-2,7-8H,3,6H2. The third-order valence-corrected chi connectivity index (χ3v) is 2.20. The first-order valence-corrected chi connectivity index (χ1v) is 4.72. The van der Waals surface area contributed by atoms with Crippen molar-refractivity contribution in [2.24, 2.45) is 0 Å². The predicted molar refractivity (Wildman–Crippen MR) is 56.6 cm³/mol. The van der Waals surface area contributed by atoms with E-state index in [1.165, 1.54) is 0 Å². The smallest absolute Gasteiger partial charge is 0.174 e. The quantitative estimate of drug-likeness (QED) is 0.783. The Bertz CT molecular complexity index is 587. The van der Waals surface area contributed by atoms with Gasteiger partial charge in [0.2, 0.25) is 0 Å². The second kappa shape index (κ2) is 4.37. The van der Waals surface area contributed by atoms with E-state index < -0.39 is 0 Å². The molecule has 0 saturated carbocycles. The summed E-state index contributed by atoms with van der Waals surface area (Å²) < 4.78 is 10.5. The van der Waals surface area contributed by atoms with Crippen LogP contribution in [0.25, 0.3) is 11.0 Å². The van der Waals surface area contributed by atoms with E-state index in [1.54, 1.807) is 24.5 Å². The van der Waals surface area contributed by atoms with Gasteiger partial charge in [-0.1, -0.05) is 0 Å². The minimum absolute atomic E-state index is 0.0109. The predicted octanol–water partition coefficient (Wildman–Crippen LogP) is 2.40. The van der Waals surface area contributed by atoms with Crippen LogP contribution in [0, 0.1) is 22.7 Å². The lowest BCUT2D eigenvalue weighted by molar-refractivity contribution is 0.368. The zero-order valence-corrected chi connectivity index (χ0v) is 8.43. The number of ether oxygens (including phenoxy) is 1. The summed E-state index contributed by atoms with van der Waals surface area (Å²) in [5.74, 6) is 0.606. The van der Waals surface area contributed by atoms with Crippen molar-refractivity contribution in [2.45, 2.75) is 6.42 Å². The van der Waals surface area contributed by atoms with Gasteiger partial charge in [0.15, 0.2) is 6.61 Å². The molecule has 0 spiro atoms. The second-order valence-electron chi connectivity index (χ2n) is 3.20. The Kier molecular flexibility index (Phi) is 2.75. The fourth-order valence-corrected chi connectivity index (χ4v) is 1.49. The third-order valence-electron chi connectivity index (χ3n) is 2.20. The lowest BCUT2D eigenvalue weighted by Crippen LogP contribution is -1.92. The van der Waals surface area contributed by atoms with Crippen molar-refractivity contribution in [2.75, 3.05) is 6.61 Å². The molecule has 1 aromatic carbocycles. The lowest BCUT2D eigenvalue weighted by atomic mass is 10.1. The number of fused-ring (bicyclic) bond motifs is 1. The molecule has 1 aromatic heterocycles. The molecule has 0 aliphatic carbocycles. The van der Waals surface area contributed by atoms with E-state index in [0.29, 0.717) is 12.2 Å². The summed E-state index contributed by atoms with van der Waals surface area (Å²) in [5.41, 5.74) is 1.55. The first-order chi connectivity index (χ1) is 7.85. The topological polar surface area (TPSA) is 69.9 Å². The normalized spacial score (nSPS) is 9.62. The van der Waals surface area contributed by atoms with Crippen LogP contribution in [0.15, 0.2) is 28.9 Å². The number of nitrogens with zero attached hydrogens (tertiary/aromatic N) is 2. The molecule has 78 valence electrons. The van der Waals surface area contributed by atoms with Gasteiger partial charge in [0, 0.05) is 10.9 Å². The van der Waals surface area contributed by atoms with Crippen LogP contribution in [0.5, 0.6) is 5.75 Å². The van der Waals surface area contributed by atoms with Crippen molar-refractivity contribution >= 4 is 11.0 Å². The number of hydrogen-bond donors (Lipinski definition) is 0. The number of hydrogen-bond acceptors (Lipinski definition) is 4. The van der Waals surface area contributed by atoms with E-state index in [2.05, 4.69) is 6.07 Å². The molecule has 4 heteroatoms. The van der Waals surface area contributed by atoms with Gasteiger partial charge < -0.3 is 9.15 Å². The van der Waals surface area contributed by atoms with Crippen LogP contribution in [0.3, 0.4) is 0 Å². The summed E-state index contributed by atoms with van der Waals surface area (Å²) in [6.45, 7) is 0.0109. The Hall–Kier alpha value is -2.46. The molecule has 0 atom stereocenters. The highest BCUT2D eigenvalue weighted by Crippen LogP contribution is 2.26. The van der Waals surface area contributed by atoms with Crippen molar-refractivity contribution in [1.82, 2.24) is 0 Å². The Balaban J connectivity index is 2.39. The van der Waals surface area contributed by atoms with Gasteiger partial charge in [-0.25, -0.2) is 0 Å². The maximum Gasteiger partial charge on any atom is 0.174 e. The number of nitriles is 2. The molecular formula is C12H8N2O2. The summed E-state index contributed by atoms with van der Waals surface area (Å²) in [7, 11) is 0. The van der Waals surface area contributed by atoms with Gasteiger partial charge in [-0.15, -0.1) is 0 Å². The van der Waals surface area contributed by atoms with Crippen molar-refractivity contribution in [3.05, 3.63) is 30.0 Å². The van der Waals surface area contributed by atoms with Gasteiger partial charge in [-0.2, -0.15) is 10.5 Å². The maximum absolute atomic E-state index is 8.64. The van der Waals surface area contributed by atoms with E-state index in [1.807, 2.05) is 6.07 Å². The molecule has 1 heterocycles. The van der Waals surface area contributed by atoms with E-state index in [-0.39, 0.29) is 6.61 Å². The fourth-order valence-electron chi connectivity index (χ4n) is 1.49. The maximum atomic E-state index is 8.64. The van der Waals surface area contributed by atoms with Crippen LogP contribution in [0.2, 0.25) is 0 Å². The molecule has 4 nitrogen and oxygen atoms in total. The van der Waals surface area contributed by atoms with Gasteiger partial charge in [-0.05, 0) is 18.2 Å². The van der Waals surface area contributed by atoms with Gasteiger partial charge >= 0.3 is 0 Å². The molecule has 2 aromatic rings. The highest BCUT2D eigenvalue weighted by Gasteiger charge is 2.06. The zero-order valence-electron chi connectivity index (χ0n) is 8.43. The SMILES string of the molecule is N#CCOc1ccc2occ(CC#N)c2c1. The molecule has 0 saturated heterocycles. The first-order valence-electron chi connectivity index (χ1n) is 4.72. The average Bonchev–Trinajstić information content (AvgIpc) is 2.70. The number of furan rings is 1. The molecular weight excluding hydrogens is 204 g/mol. The number of benzene rings is 1. The van der Waals surface area contributed by atoms with Crippen LogP contribution < -0.4 is 4.74 Å². The summed E-state index contributed by atoms with van der Waals surface area (Å²) in [4.78, 5) is 0. The Morgan fingerprint density at radius 3 is 2.88 bits per heavy atom. The van der Waals surface area contributed by atoms with Crippen molar-refractivity contribution in [3.63, 3.8) is 0 Å². The first kappa shape index (κ1) is 10.1. The van der Waals surface area contributed by atoms with E-state index >= 15 is 0 Å². The van der Waals surface area contributed by atoms with E-state index in [4.69, 9.17) is 19.7 Å². The van der Waals surface area contributed by atoms with Gasteiger partial charge in [0.25, 0.3) is 0 Å². The zero-order chi connectivity index (χ0) is 11.4. The third kappa shape index (κ3) is 1.82. The monoisotopic (exact) mass is 212 g/mol. The molecule has 0 bridgehead atoms. The summed E-state index contributed by atoms with van der Waals surface area (Å²) in [5, 5.41) is 17.9. The Morgan fingerprint density at radius 1 is 1.25 bits per heavy atom. The molecule has 0 radical (unpaired) electrons. The molecule has 0 aliphatic rings. The fraction of sp³-hybridized carbons (Fsp3) is 0.167. The lowest BCUT2D eigenvalue weighted by Gasteiger charge is -2.00. The van der Waals surface area contributed by atoms with Crippen LogP contribution in [-0.4, -0.2) is 6.61 Å². The van der Waals surface area contributed by atoms with Crippen LogP contribution in [-0.2, 0) is 6.42 Å². The van der Waals surface area contributed by atoms with Crippen molar-refractivity contribution in [1.29, 1.82) is 10.5 Å². The van der Waals surface area contributed by atoms with Crippen molar-refractivity contribution in [3.8, 4) is 17.9 Å². The van der Waals surface area contributed by atoms with Crippen molar-refractivity contribution < 1.29 is 9.15 Å². The van der Waals surface area contributed by atoms with Crippen LogP contribution in [0.4, 0.5) is 0 Å². The van der Waals surface area contributed by atoms with Gasteiger partial charge in [0.05, 0.1) is 18.8 Å². The van der Waals surface area contributed by atoms with Crippen LogP contribution >= 0.6 is 0 Å². The van der Waals surface area contributed by atoms with Gasteiger partial charge in [-0.3, -0.25) is 0 Å². The highest BCUT2D eigenvalue weighted by atomic mass is 16.5. The molecule has 0 aliphatic heterocycles. The minimum atomic E-state index is 0.0109. The largest absolute Gasteiger partial charge is 0.479 e. The molecule has 16 heavy (non-hydrogen) atoms. The summed E-state index contributed by atoms with van der Waals surface area (Å²) >= 11 is 0. The summed E-state index contributed by atoms with van der Waals surface area (Å²) in [6, 6.07) is 9.25. The van der Waals surface area contributed by atoms with Crippen LogP contribution in [0.1, 0.15) is 5.56 Å². The molecule has 0 N–H and O–H groups in total. The Morgan fingerprint density at radius 2 is 2.12 bits per heavy atom. The van der Waals surface area contributed by atoms with E-state index in [9.17, 15) is 0 Å². The average molecular weight is 212 g/mol. The molecule has 0 amide bonds. The van der Waals surface area contributed by atoms with Gasteiger partial charge in [0.1, 0.15) is 17.4 Å². The Labute approximate surface area is 92.3 Å².